The minimum atomic E-state index is -0.635. The first-order valence-electron chi connectivity index (χ1n) is 5.24. The Morgan fingerprint density at radius 2 is 2.18 bits per heavy atom. The summed E-state index contributed by atoms with van der Waals surface area (Å²) in [4.78, 5) is 37.6. The topological polar surface area (TPSA) is 115 Å². The molecule has 1 amide bonds. The molecule has 1 aromatic rings. The van der Waals surface area contributed by atoms with E-state index in [1.807, 2.05) is 4.98 Å². The molecule has 1 unspecified atom stereocenters. The van der Waals surface area contributed by atoms with Crippen molar-refractivity contribution in [3.63, 3.8) is 0 Å². The number of amides is 1. The maximum atomic E-state index is 11.4. The third-order valence-electron chi connectivity index (χ3n) is 2.05. The maximum Gasteiger partial charge on any atom is 0.325 e. The average molecular weight is 241 g/mol. The quantitative estimate of drug-likeness (QED) is 0.501. The Kier molecular flexibility index (Phi) is 4.65. The maximum absolute atomic E-state index is 11.4. The highest BCUT2D eigenvalue weighted by atomic mass is 16.3. The molecule has 1 aromatic heterocycles. The first-order chi connectivity index (χ1) is 7.97. The average Bonchev–Trinajstić information content (AvgIpc) is 2.14. The van der Waals surface area contributed by atoms with Gasteiger partial charge in [-0.25, -0.2) is 4.79 Å². The first-order valence-corrected chi connectivity index (χ1v) is 5.24. The van der Waals surface area contributed by atoms with E-state index in [4.69, 9.17) is 5.11 Å². The summed E-state index contributed by atoms with van der Waals surface area (Å²) in [5.41, 5.74) is -0.918. The fourth-order valence-corrected chi connectivity index (χ4v) is 1.27. The molecule has 4 N–H and O–H groups in total. The van der Waals surface area contributed by atoms with Gasteiger partial charge in [-0.1, -0.05) is 0 Å². The fraction of sp³-hybridized carbons (Fsp3) is 0.500. The molecule has 1 rings (SSSR count). The summed E-state index contributed by atoms with van der Waals surface area (Å²) in [7, 11) is 0. The first kappa shape index (κ1) is 13.2. The Morgan fingerprint density at radius 1 is 1.47 bits per heavy atom. The van der Waals surface area contributed by atoms with Crippen molar-refractivity contribution >= 4 is 5.91 Å². The number of carbonyl (C=O) groups excluding carboxylic acids is 1. The minimum absolute atomic E-state index is 0.0705. The Hall–Kier alpha value is -1.89. The molecule has 0 bridgehead atoms. The summed E-state index contributed by atoms with van der Waals surface area (Å²) >= 11 is 0. The molecular formula is C10H15N3O4. The van der Waals surface area contributed by atoms with E-state index < -0.39 is 17.4 Å². The lowest BCUT2D eigenvalue weighted by atomic mass is 10.2. The Balaban J connectivity index is 2.50. The molecule has 0 saturated heterocycles. The zero-order chi connectivity index (χ0) is 12.8. The number of H-pyrrole nitrogens is 2. The van der Waals surface area contributed by atoms with Crippen molar-refractivity contribution in [2.75, 3.05) is 6.54 Å². The van der Waals surface area contributed by atoms with E-state index in [1.54, 1.807) is 6.92 Å². The van der Waals surface area contributed by atoms with E-state index >= 15 is 0 Å². The molecule has 0 aliphatic carbocycles. The standard InChI is InChI=1S/C10H15N3O4/c1-6(14)2-3-11-8(15)4-7-5-9(16)13-10(17)12-7/h5-6,14H,2-4H2,1H3,(H,11,15)(H2,12,13,16,17). The number of hydrogen-bond donors (Lipinski definition) is 4. The van der Waals surface area contributed by atoms with Gasteiger partial charge < -0.3 is 15.4 Å². The van der Waals surface area contributed by atoms with Gasteiger partial charge in [-0.05, 0) is 13.3 Å². The van der Waals surface area contributed by atoms with Gasteiger partial charge in [0.2, 0.25) is 5.91 Å². The summed E-state index contributed by atoms with van der Waals surface area (Å²) in [5, 5.41) is 11.6. The Morgan fingerprint density at radius 3 is 2.76 bits per heavy atom. The molecule has 0 saturated carbocycles. The lowest BCUT2D eigenvalue weighted by molar-refractivity contribution is -0.120. The third-order valence-corrected chi connectivity index (χ3v) is 2.05. The summed E-state index contributed by atoms with van der Waals surface area (Å²) in [6, 6.07) is 1.16. The molecular weight excluding hydrogens is 226 g/mol. The summed E-state index contributed by atoms with van der Waals surface area (Å²) < 4.78 is 0. The number of aliphatic hydroxyl groups is 1. The van der Waals surface area contributed by atoms with Crippen molar-refractivity contribution in [2.45, 2.75) is 25.9 Å². The van der Waals surface area contributed by atoms with E-state index in [1.165, 1.54) is 0 Å². The van der Waals surface area contributed by atoms with E-state index in [2.05, 4.69) is 10.3 Å². The van der Waals surface area contributed by atoms with Crippen LogP contribution in [0.1, 0.15) is 19.0 Å². The Labute approximate surface area is 96.9 Å². The molecule has 0 aliphatic heterocycles. The van der Waals surface area contributed by atoms with Crippen LogP contribution in [-0.2, 0) is 11.2 Å². The lowest BCUT2D eigenvalue weighted by Crippen LogP contribution is -2.30. The molecule has 7 nitrogen and oxygen atoms in total. The van der Waals surface area contributed by atoms with Gasteiger partial charge in [0.25, 0.3) is 5.56 Å². The van der Waals surface area contributed by atoms with Crippen LogP contribution in [0.25, 0.3) is 0 Å². The normalized spacial score (nSPS) is 12.1. The van der Waals surface area contributed by atoms with Crippen molar-refractivity contribution in [3.8, 4) is 0 Å². The van der Waals surface area contributed by atoms with Crippen LogP contribution in [0.5, 0.6) is 0 Å². The lowest BCUT2D eigenvalue weighted by Gasteiger charge is -2.06. The molecule has 0 fully saturated rings. The molecule has 17 heavy (non-hydrogen) atoms. The molecule has 0 aliphatic rings. The molecule has 7 heteroatoms. The van der Waals surface area contributed by atoms with Crippen LogP contribution in [0.15, 0.2) is 15.7 Å². The summed E-state index contributed by atoms with van der Waals surface area (Å²) in [6.45, 7) is 1.98. The highest BCUT2D eigenvalue weighted by Gasteiger charge is 2.05. The van der Waals surface area contributed by atoms with Crippen LogP contribution in [0.3, 0.4) is 0 Å². The zero-order valence-electron chi connectivity index (χ0n) is 9.45. The highest BCUT2D eigenvalue weighted by molar-refractivity contribution is 5.77. The van der Waals surface area contributed by atoms with Crippen LogP contribution in [0.4, 0.5) is 0 Å². The van der Waals surface area contributed by atoms with Gasteiger partial charge in [-0.2, -0.15) is 0 Å². The van der Waals surface area contributed by atoms with E-state index in [-0.39, 0.29) is 18.0 Å². The Bertz CT molecular complexity index is 461. The number of aliphatic hydroxyl groups excluding tert-OH is 1. The van der Waals surface area contributed by atoms with Gasteiger partial charge in [0, 0.05) is 18.3 Å². The van der Waals surface area contributed by atoms with Crippen LogP contribution in [0.2, 0.25) is 0 Å². The number of carbonyl (C=O) groups is 1. The van der Waals surface area contributed by atoms with E-state index in [0.717, 1.165) is 6.07 Å². The minimum Gasteiger partial charge on any atom is -0.393 e. The van der Waals surface area contributed by atoms with E-state index in [9.17, 15) is 14.4 Å². The molecule has 0 spiro atoms. The number of rotatable bonds is 5. The highest BCUT2D eigenvalue weighted by Crippen LogP contribution is 1.90. The molecule has 0 aromatic carbocycles. The van der Waals surface area contributed by atoms with Crippen molar-refractivity contribution in [1.82, 2.24) is 15.3 Å². The number of hydrogen-bond acceptors (Lipinski definition) is 4. The number of aromatic nitrogens is 2. The largest absolute Gasteiger partial charge is 0.393 e. The smallest absolute Gasteiger partial charge is 0.325 e. The second-order valence-electron chi connectivity index (χ2n) is 3.78. The van der Waals surface area contributed by atoms with Crippen LogP contribution < -0.4 is 16.6 Å². The molecule has 1 heterocycles. The van der Waals surface area contributed by atoms with Crippen molar-refractivity contribution < 1.29 is 9.90 Å². The number of nitrogens with one attached hydrogen (secondary N) is 3. The van der Waals surface area contributed by atoms with Gasteiger partial charge in [0.15, 0.2) is 0 Å². The molecule has 0 radical (unpaired) electrons. The van der Waals surface area contributed by atoms with Crippen molar-refractivity contribution in [3.05, 3.63) is 32.6 Å². The fourth-order valence-electron chi connectivity index (χ4n) is 1.27. The van der Waals surface area contributed by atoms with Gasteiger partial charge in [-0.3, -0.25) is 14.6 Å². The second kappa shape index (κ2) is 6.00. The molecule has 94 valence electrons. The predicted octanol–water partition coefficient (Wildman–Crippen LogP) is -1.51. The third kappa shape index (κ3) is 5.12. The van der Waals surface area contributed by atoms with E-state index in [0.29, 0.717) is 13.0 Å². The van der Waals surface area contributed by atoms with Crippen LogP contribution in [-0.4, -0.2) is 33.6 Å². The van der Waals surface area contributed by atoms with Gasteiger partial charge >= 0.3 is 5.69 Å². The summed E-state index contributed by atoms with van der Waals surface area (Å²) in [6.07, 6.45) is -0.0916. The van der Waals surface area contributed by atoms with Crippen molar-refractivity contribution in [2.24, 2.45) is 0 Å². The van der Waals surface area contributed by atoms with Crippen molar-refractivity contribution in [1.29, 1.82) is 0 Å². The number of aromatic amines is 2. The monoisotopic (exact) mass is 241 g/mol. The zero-order valence-corrected chi connectivity index (χ0v) is 9.45. The summed E-state index contributed by atoms with van der Waals surface area (Å²) in [5.74, 6) is -0.313. The SMILES string of the molecule is CC(O)CCNC(=O)Cc1cc(=O)[nH]c(=O)[nH]1. The van der Waals surface area contributed by atoms with Gasteiger partial charge in [-0.15, -0.1) is 0 Å². The second-order valence-corrected chi connectivity index (χ2v) is 3.78. The van der Waals surface area contributed by atoms with Crippen LogP contribution >= 0.6 is 0 Å². The van der Waals surface area contributed by atoms with Crippen LogP contribution in [0, 0.1) is 0 Å². The van der Waals surface area contributed by atoms with Gasteiger partial charge in [0.05, 0.1) is 12.5 Å². The predicted molar refractivity (Wildman–Crippen MR) is 60.7 cm³/mol. The molecule has 1 atom stereocenters. The van der Waals surface area contributed by atoms with Gasteiger partial charge in [0.1, 0.15) is 0 Å².